The molecular formula is C44H39BCl3IN4O12S5. The molecule has 5 N–H and O–H groups in total. The minimum atomic E-state index is -3.38. The van der Waals surface area contributed by atoms with Crippen LogP contribution in [0.4, 0.5) is 11.4 Å². The zero-order valence-electron chi connectivity index (χ0n) is 37.0. The molecule has 0 aliphatic heterocycles. The Labute approximate surface area is 440 Å². The van der Waals surface area contributed by atoms with Gasteiger partial charge in [-0.1, -0.05) is 46.9 Å². The molecular weight excluding hydrogens is 1180 g/mol. The largest absolute Gasteiger partial charge is 0.509 e. The van der Waals surface area contributed by atoms with Crippen LogP contribution < -0.4 is 16.2 Å². The van der Waals surface area contributed by atoms with E-state index in [-0.39, 0.29) is 52.4 Å². The quantitative estimate of drug-likeness (QED) is 0.0634. The van der Waals surface area contributed by atoms with Gasteiger partial charge in [0.1, 0.15) is 0 Å². The summed E-state index contributed by atoms with van der Waals surface area (Å²) >= 11 is 22.8. The Kier molecular flexibility index (Phi) is 20.7. The highest BCUT2D eigenvalue weighted by molar-refractivity contribution is 14.1. The molecule has 0 radical (unpaired) electrons. The Morgan fingerprint density at radius 3 is 1.24 bits per heavy atom. The summed E-state index contributed by atoms with van der Waals surface area (Å²) in [5, 5.41) is 36.7. The van der Waals surface area contributed by atoms with E-state index in [2.05, 4.69) is 43.2 Å². The van der Waals surface area contributed by atoms with Crippen molar-refractivity contribution in [1.29, 1.82) is 0 Å². The molecule has 0 atom stereocenters. The third-order valence-corrected chi connectivity index (χ3v) is 15.4. The van der Waals surface area contributed by atoms with Gasteiger partial charge in [-0.05, 0) is 127 Å². The molecule has 0 fully saturated rings. The molecule has 16 nitrogen and oxygen atoms in total. The van der Waals surface area contributed by atoms with E-state index in [1.54, 1.807) is 41.0 Å². The van der Waals surface area contributed by atoms with Crippen LogP contribution in [-0.4, -0.2) is 94.0 Å². The minimum Gasteiger partial charge on any atom is -0.478 e. The number of carboxylic acids is 1. The zero-order chi connectivity index (χ0) is 52.3. The third kappa shape index (κ3) is 17.5. The summed E-state index contributed by atoms with van der Waals surface area (Å²) in [6, 6.07) is 26.2. The summed E-state index contributed by atoms with van der Waals surface area (Å²) in [7, 11) is -11.5. The number of hydrogen-bond donors (Lipinski definition) is 5. The van der Waals surface area contributed by atoms with E-state index < -0.39 is 48.5 Å². The van der Waals surface area contributed by atoms with Gasteiger partial charge in [0.2, 0.25) is 0 Å². The van der Waals surface area contributed by atoms with Crippen LogP contribution in [0.3, 0.4) is 0 Å². The second kappa shape index (κ2) is 25.0. The molecule has 0 unspecified atom stereocenters. The molecule has 2 heterocycles. The number of hydrogen-bond acceptors (Lipinski definition) is 15. The SMILES string of the molecule is CS(=O)(=O)c1ccc(C(=O)Nc2ccc(I)cc2)c(Cl)c1.CS(=O)(=O)c1ccc(C(=O)O)c(Cl)c1.Cc1nc(-c2ccc(NC(=O)c3ccc(S(C)(=O)=O)cc3Cl)cc2)cs1.Cc1nc(B(O)O)cs1. The summed E-state index contributed by atoms with van der Waals surface area (Å²) in [4.78, 5) is 43.5. The molecule has 7 aromatic rings. The number of aromatic carboxylic acids is 1. The first-order chi connectivity index (χ1) is 32.5. The second-order valence-electron chi connectivity index (χ2n) is 14.5. The molecule has 368 valence electrons. The Morgan fingerprint density at radius 2 is 0.943 bits per heavy atom. The number of nitrogens with zero attached hydrogens (tertiary/aromatic N) is 2. The molecule has 0 saturated heterocycles. The monoisotopic (exact) mass is 1220 g/mol. The van der Waals surface area contributed by atoms with Gasteiger partial charge in [-0.15, -0.1) is 22.7 Å². The number of aryl methyl sites for hydroxylation is 2. The summed E-state index contributed by atoms with van der Waals surface area (Å²) in [6.45, 7) is 3.76. The molecule has 0 aliphatic carbocycles. The van der Waals surface area contributed by atoms with E-state index in [0.717, 1.165) is 49.7 Å². The number of sulfone groups is 3. The lowest BCUT2D eigenvalue weighted by Gasteiger charge is -2.08. The summed E-state index contributed by atoms with van der Waals surface area (Å²) in [5.74, 6) is -1.98. The number of anilines is 2. The van der Waals surface area contributed by atoms with Crippen LogP contribution in [-0.2, 0) is 29.5 Å². The van der Waals surface area contributed by atoms with Crippen LogP contribution in [0.2, 0.25) is 15.1 Å². The number of rotatable bonds is 10. The summed E-state index contributed by atoms with van der Waals surface area (Å²) in [6.07, 6.45) is 3.20. The molecule has 5 aromatic carbocycles. The molecule has 0 aliphatic rings. The molecule has 0 bridgehead atoms. The highest BCUT2D eigenvalue weighted by Gasteiger charge is 2.18. The standard InChI is InChI=1S/C18H15ClN2O3S2.C14H11ClINO3S.C8H7ClO4S.C4H6BNO2S/c1-11-20-17(10-25-11)12-3-5-13(6-4-12)21-18(22)15-8-7-14(9-16(15)19)26(2,23)24;1-21(19,20)11-6-7-12(13(15)8-11)14(18)17-10-4-2-9(16)3-5-10;1-14(12,13)5-2-3-6(8(10)11)7(9)4-5;1-3-6-4(2-9-3)5(7)8/h3-10H,1-2H3,(H,21,22);2-8H,1H3,(H,17,18);2-4H,1H3,(H,10,11);2,7-8H,1H3. The Balaban J connectivity index is 0.000000217. The van der Waals surface area contributed by atoms with E-state index in [9.17, 15) is 39.6 Å². The predicted molar refractivity (Wildman–Crippen MR) is 285 cm³/mol. The van der Waals surface area contributed by atoms with E-state index in [4.69, 9.17) is 50.0 Å². The summed E-state index contributed by atoms with van der Waals surface area (Å²) < 4.78 is 69.1. The third-order valence-electron chi connectivity index (χ3n) is 8.89. The molecule has 7 rings (SSSR count). The highest BCUT2D eigenvalue weighted by Crippen LogP contribution is 2.26. The van der Waals surface area contributed by atoms with Crippen LogP contribution >= 0.6 is 80.1 Å². The van der Waals surface area contributed by atoms with E-state index in [0.29, 0.717) is 17.0 Å². The normalized spacial score (nSPS) is 11.1. The average Bonchev–Trinajstić information content (AvgIpc) is 3.92. The first-order valence-corrected chi connectivity index (χ1v) is 29.1. The maximum absolute atomic E-state index is 12.4. The number of nitrogens with one attached hydrogen (secondary N) is 2. The van der Waals surface area contributed by atoms with Crippen LogP contribution in [0.5, 0.6) is 0 Å². The fraction of sp³-hybridized carbons (Fsp3) is 0.114. The van der Waals surface area contributed by atoms with Gasteiger partial charge in [-0.3, -0.25) is 14.6 Å². The minimum absolute atomic E-state index is 0.00694. The molecule has 0 spiro atoms. The van der Waals surface area contributed by atoms with Crippen molar-refractivity contribution in [2.45, 2.75) is 28.5 Å². The topological polar surface area (TPSA) is 264 Å². The number of thiazole rings is 2. The number of amides is 2. The number of benzene rings is 5. The smallest absolute Gasteiger partial charge is 0.478 e. The molecule has 2 amide bonds. The predicted octanol–water partition coefficient (Wildman–Crippen LogP) is 8.60. The Hall–Kier alpha value is -4.80. The lowest BCUT2D eigenvalue weighted by Crippen LogP contribution is -2.30. The molecule has 26 heteroatoms. The van der Waals surface area contributed by atoms with E-state index in [1.165, 1.54) is 59.9 Å². The van der Waals surface area contributed by atoms with E-state index in [1.807, 2.05) is 43.5 Å². The van der Waals surface area contributed by atoms with Gasteiger partial charge in [0, 0.05) is 50.0 Å². The fourth-order valence-electron chi connectivity index (χ4n) is 5.37. The first kappa shape index (κ1) is 57.8. The number of carbonyl (C=O) groups is 3. The number of carboxylic acid groups (broad SMARTS) is 1. The maximum Gasteiger partial charge on any atom is 0.509 e. The van der Waals surface area contributed by atoms with Crippen molar-refractivity contribution in [1.82, 2.24) is 9.97 Å². The van der Waals surface area contributed by atoms with Crippen LogP contribution in [0, 0.1) is 17.4 Å². The first-order valence-electron chi connectivity index (χ1n) is 19.4. The van der Waals surface area contributed by atoms with Gasteiger partial charge in [0.25, 0.3) is 11.8 Å². The van der Waals surface area contributed by atoms with Crippen LogP contribution in [0.25, 0.3) is 11.3 Å². The molecule has 70 heavy (non-hydrogen) atoms. The van der Waals surface area contributed by atoms with Crippen LogP contribution in [0.1, 0.15) is 41.1 Å². The van der Waals surface area contributed by atoms with Gasteiger partial charge in [0.05, 0.1) is 67.7 Å². The van der Waals surface area contributed by atoms with Crippen molar-refractivity contribution in [2.75, 3.05) is 29.4 Å². The zero-order valence-corrected chi connectivity index (χ0v) is 45.5. The van der Waals surface area contributed by atoms with Gasteiger partial charge in [-0.25, -0.2) is 35.0 Å². The maximum atomic E-state index is 12.4. The van der Waals surface area contributed by atoms with Gasteiger partial charge in [0.15, 0.2) is 29.5 Å². The fourth-order valence-corrected chi connectivity index (χ4v) is 9.91. The highest BCUT2D eigenvalue weighted by atomic mass is 127. The lowest BCUT2D eigenvalue weighted by atomic mass is 9.88. The van der Waals surface area contributed by atoms with Crippen molar-refractivity contribution in [2.24, 2.45) is 0 Å². The Bertz CT molecular complexity index is 3380. The van der Waals surface area contributed by atoms with Crippen molar-refractivity contribution in [3.63, 3.8) is 0 Å². The van der Waals surface area contributed by atoms with Gasteiger partial charge < -0.3 is 25.8 Å². The number of aromatic nitrogens is 2. The Morgan fingerprint density at radius 1 is 0.571 bits per heavy atom. The lowest BCUT2D eigenvalue weighted by molar-refractivity contribution is 0.0696. The van der Waals surface area contributed by atoms with Crippen molar-refractivity contribution >= 4 is 151 Å². The van der Waals surface area contributed by atoms with E-state index >= 15 is 0 Å². The van der Waals surface area contributed by atoms with Crippen molar-refractivity contribution in [3.05, 3.63) is 159 Å². The summed E-state index contributed by atoms with van der Waals surface area (Å²) in [5.41, 5.74) is 3.75. The second-order valence-corrected chi connectivity index (χ2v) is 25.1. The number of halogens is 4. The van der Waals surface area contributed by atoms with Crippen molar-refractivity contribution < 1.29 is 54.8 Å². The average molecular weight is 1220 g/mol. The van der Waals surface area contributed by atoms with Gasteiger partial charge in [-0.2, -0.15) is 0 Å². The molecule has 0 saturated carbocycles. The molecule has 2 aromatic heterocycles. The van der Waals surface area contributed by atoms with Crippen molar-refractivity contribution in [3.8, 4) is 11.3 Å². The number of carbonyl (C=O) groups excluding carboxylic acids is 2. The van der Waals surface area contributed by atoms with Gasteiger partial charge >= 0.3 is 13.1 Å². The van der Waals surface area contributed by atoms with Crippen LogP contribution in [0.15, 0.2) is 129 Å².